The second-order valence-corrected chi connectivity index (χ2v) is 6.70. The molecule has 114 valence electrons. The maximum absolute atomic E-state index is 4.49. The van der Waals surface area contributed by atoms with Crippen LogP contribution in [0.3, 0.4) is 0 Å². The molecule has 1 unspecified atom stereocenters. The van der Waals surface area contributed by atoms with Gasteiger partial charge in [-0.2, -0.15) is 0 Å². The van der Waals surface area contributed by atoms with Crippen molar-refractivity contribution in [1.82, 2.24) is 15.3 Å². The van der Waals surface area contributed by atoms with E-state index in [1.807, 2.05) is 12.4 Å². The molecule has 0 bridgehead atoms. The zero-order valence-electron chi connectivity index (χ0n) is 13.2. The zero-order valence-corrected chi connectivity index (χ0v) is 14.0. The van der Waals surface area contributed by atoms with Crippen molar-refractivity contribution in [3.8, 4) is 0 Å². The summed E-state index contributed by atoms with van der Waals surface area (Å²) >= 11 is 1.80. The van der Waals surface area contributed by atoms with Crippen molar-refractivity contribution in [2.24, 2.45) is 0 Å². The van der Waals surface area contributed by atoms with Crippen LogP contribution < -0.4 is 10.2 Å². The molecule has 0 aromatic carbocycles. The summed E-state index contributed by atoms with van der Waals surface area (Å²) in [4.78, 5) is 12.5. The van der Waals surface area contributed by atoms with Crippen LogP contribution in [0.1, 0.15) is 31.2 Å². The highest BCUT2D eigenvalue weighted by atomic mass is 32.1. The van der Waals surface area contributed by atoms with Gasteiger partial charge in [0.05, 0.1) is 0 Å². The van der Waals surface area contributed by atoms with Crippen molar-refractivity contribution < 1.29 is 0 Å². The van der Waals surface area contributed by atoms with Crippen LogP contribution in [-0.2, 0) is 13.0 Å². The molecule has 2 heterocycles. The Hall–Kier alpha value is -1.46. The average Bonchev–Trinajstić information content (AvgIpc) is 2.97. The minimum atomic E-state index is 0.378. The van der Waals surface area contributed by atoms with Crippen LogP contribution >= 0.6 is 11.3 Å². The molecule has 1 atom stereocenters. The Labute approximate surface area is 131 Å². The number of aromatic nitrogens is 2. The highest BCUT2D eigenvalue weighted by Crippen LogP contribution is 2.16. The Morgan fingerprint density at radius 2 is 1.95 bits per heavy atom. The first kappa shape index (κ1) is 15.9. The molecule has 0 saturated heterocycles. The molecule has 0 saturated carbocycles. The number of rotatable bonds is 7. The number of hydrogen-bond acceptors (Lipinski definition) is 5. The molecule has 0 aliphatic rings. The van der Waals surface area contributed by atoms with Crippen LogP contribution in [0.4, 0.5) is 5.95 Å². The number of likely N-dealkylation sites (N-methyl/N-ethyl adjacent to an activating group) is 1. The van der Waals surface area contributed by atoms with E-state index in [-0.39, 0.29) is 0 Å². The van der Waals surface area contributed by atoms with Crippen molar-refractivity contribution in [3.05, 3.63) is 40.3 Å². The van der Waals surface area contributed by atoms with Crippen LogP contribution in [0.2, 0.25) is 0 Å². The Bertz CT molecular complexity index is 522. The van der Waals surface area contributed by atoms with Gasteiger partial charge in [-0.25, -0.2) is 9.97 Å². The summed E-state index contributed by atoms with van der Waals surface area (Å²) in [6.45, 7) is 7.29. The quantitative estimate of drug-likeness (QED) is 0.853. The molecule has 0 fully saturated rings. The number of anilines is 1. The zero-order chi connectivity index (χ0) is 15.2. The molecule has 0 aliphatic carbocycles. The van der Waals surface area contributed by atoms with Gasteiger partial charge in [-0.1, -0.05) is 19.9 Å². The first-order chi connectivity index (χ1) is 10.1. The number of hydrogen-bond donors (Lipinski definition) is 1. The van der Waals surface area contributed by atoms with Gasteiger partial charge < -0.3 is 10.2 Å². The fourth-order valence-corrected chi connectivity index (χ4v) is 2.82. The first-order valence-electron chi connectivity index (χ1n) is 7.35. The number of thiophene rings is 1. The molecule has 0 radical (unpaired) electrons. The minimum absolute atomic E-state index is 0.378. The Morgan fingerprint density at radius 1 is 1.24 bits per heavy atom. The topological polar surface area (TPSA) is 41.1 Å². The summed E-state index contributed by atoms with van der Waals surface area (Å²) in [5.41, 5.74) is 1.12. The molecule has 0 spiro atoms. The SMILES string of the molecule is CC(C)NCc1cnc(N(C)C(C)Cc2cccs2)nc1. The van der Waals surface area contributed by atoms with E-state index in [0.717, 1.165) is 24.5 Å². The Kier molecular flexibility index (Phi) is 5.70. The highest BCUT2D eigenvalue weighted by molar-refractivity contribution is 7.09. The number of nitrogens with one attached hydrogen (secondary N) is 1. The van der Waals surface area contributed by atoms with Gasteiger partial charge in [-0.3, -0.25) is 0 Å². The Balaban J connectivity index is 1.94. The van der Waals surface area contributed by atoms with Crippen LogP contribution in [-0.4, -0.2) is 29.1 Å². The third kappa shape index (κ3) is 4.79. The molecule has 1 N–H and O–H groups in total. The van der Waals surface area contributed by atoms with Crippen molar-refractivity contribution in [3.63, 3.8) is 0 Å². The molecule has 5 heteroatoms. The normalized spacial score (nSPS) is 12.6. The predicted molar refractivity (Wildman–Crippen MR) is 89.9 cm³/mol. The number of nitrogens with zero attached hydrogens (tertiary/aromatic N) is 3. The summed E-state index contributed by atoms with van der Waals surface area (Å²) in [6, 6.07) is 5.12. The largest absolute Gasteiger partial charge is 0.341 e. The lowest BCUT2D eigenvalue weighted by molar-refractivity contribution is 0.586. The predicted octanol–water partition coefficient (Wildman–Crippen LogP) is 3.10. The Morgan fingerprint density at radius 3 is 2.52 bits per heavy atom. The van der Waals surface area contributed by atoms with E-state index in [4.69, 9.17) is 0 Å². The summed E-state index contributed by atoms with van der Waals surface area (Å²) in [5.74, 6) is 0.785. The van der Waals surface area contributed by atoms with Crippen molar-refractivity contribution in [1.29, 1.82) is 0 Å². The third-order valence-corrected chi connectivity index (χ3v) is 4.36. The molecule has 2 aromatic rings. The van der Waals surface area contributed by atoms with Crippen molar-refractivity contribution >= 4 is 17.3 Å². The molecule has 2 aromatic heterocycles. The van der Waals surface area contributed by atoms with Crippen LogP contribution in [0.25, 0.3) is 0 Å². The van der Waals surface area contributed by atoms with Gasteiger partial charge in [-0.05, 0) is 18.4 Å². The monoisotopic (exact) mass is 304 g/mol. The minimum Gasteiger partial charge on any atom is -0.341 e. The van der Waals surface area contributed by atoms with E-state index >= 15 is 0 Å². The molecule has 21 heavy (non-hydrogen) atoms. The fraction of sp³-hybridized carbons (Fsp3) is 0.500. The van der Waals surface area contributed by atoms with Gasteiger partial charge in [0.25, 0.3) is 0 Å². The van der Waals surface area contributed by atoms with Crippen LogP contribution in [0.15, 0.2) is 29.9 Å². The average molecular weight is 304 g/mol. The van der Waals surface area contributed by atoms with Gasteiger partial charge in [0.15, 0.2) is 0 Å². The maximum atomic E-state index is 4.49. The first-order valence-corrected chi connectivity index (χ1v) is 8.23. The van der Waals surface area contributed by atoms with E-state index in [1.165, 1.54) is 4.88 Å². The highest BCUT2D eigenvalue weighted by Gasteiger charge is 2.13. The standard InChI is InChI=1S/C16H24N4S/c1-12(2)17-9-14-10-18-16(19-11-14)20(4)13(3)8-15-6-5-7-21-15/h5-7,10-13,17H,8-9H2,1-4H3. The summed E-state index contributed by atoms with van der Waals surface area (Å²) < 4.78 is 0. The fourth-order valence-electron chi connectivity index (χ4n) is 2.00. The summed E-state index contributed by atoms with van der Waals surface area (Å²) in [5, 5.41) is 5.49. The van der Waals surface area contributed by atoms with Crippen LogP contribution in [0.5, 0.6) is 0 Å². The van der Waals surface area contributed by atoms with E-state index in [0.29, 0.717) is 12.1 Å². The van der Waals surface area contributed by atoms with Gasteiger partial charge in [-0.15, -0.1) is 11.3 Å². The summed E-state index contributed by atoms with van der Waals surface area (Å²) in [7, 11) is 2.06. The van der Waals surface area contributed by atoms with E-state index in [9.17, 15) is 0 Å². The maximum Gasteiger partial charge on any atom is 0.225 e. The smallest absolute Gasteiger partial charge is 0.225 e. The lowest BCUT2D eigenvalue weighted by Gasteiger charge is -2.24. The van der Waals surface area contributed by atoms with Crippen molar-refractivity contribution in [2.75, 3.05) is 11.9 Å². The van der Waals surface area contributed by atoms with Gasteiger partial charge >= 0.3 is 0 Å². The van der Waals surface area contributed by atoms with E-state index < -0.39 is 0 Å². The molecule has 2 rings (SSSR count). The van der Waals surface area contributed by atoms with E-state index in [2.05, 4.69) is 65.5 Å². The van der Waals surface area contributed by atoms with E-state index in [1.54, 1.807) is 11.3 Å². The second kappa shape index (κ2) is 7.52. The molecule has 0 aliphatic heterocycles. The molecular formula is C16H24N4S. The lowest BCUT2D eigenvalue weighted by Crippen LogP contribution is -2.32. The molecule has 0 amide bonds. The van der Waals surface area contributed by atoms with Gasteiger partial charge in [0.2, 0.25) is 5.95 Å². The molecular weight excluding hydrogens is 280 g/mol. The summed E-state index contributed by atoms with van der Waals surface area (Å²) in [6.07, 6.45) is 4.84. The van der Waals surface area contributed by atoms with Crippen LogP contribution in [0, 0.1) is 0 Å². The third-order valence-electron chi connectivity index (χ3n) is 3.46. The second-order valence-electron chi connectivity index (χ2n) is 5.67. The van der Waals surface area contributed by atoms with Gasteiger partial charge in [0, 0.05) is 54.9 Å². The molecule has 4 nitrogen and oxygen atoms in total. The van der Waals surface area contributed by atoms with Gasteiger partial charge in [0.1, 0.15) is 0 Å². The van der Waals surface area contributed by atoms with Crippen molar-refractivity contribution in [2.45, 2.75) is 45.8 Å². The lowest BCUT2D eigenvalue weighted by atomic mass is 10.2.